The van der Waals surface area contributed by atoms with E-state index in [9.17, 15) is 0 Å². The molecule has 0 radical (unpaired) electrons. The maximum atomic E-state index is 4.28. The maximum absolute atomic E-state index is 4.28. The van der Waals surface area contributed by atoms with Crippen LogP contribution in [0.1, 0.15) is 46.6 Å². The topological polar surface area (TPSA) is 37.8 Å². The van der Waals surface area contributed by atoms with E-state index in [0.29, 0.717) is 0 Å². The van der Waals surface area contributed by atoms with E-state index < -0.39 is 0 Å². The molecule has 2 rings (SSSR count). The second kappa shape index (κ2) is 6.26. The summed E-state index contributed by atoms with van der Waals surface area (Å²) in [7, 11) is 2.00. The number of benzene rings is 1. The Morgan fingerprint density at radius 2 is 2.11 bits per heavy atom. The molecule has 1 N–H and O–H groups in total. The third kappa shape index (κ3) is 3.01. The number of hydrogen-bond acceptors (Lipinski definition) is 4. The zero-order valence-electron chi connectivity index (χ0n) is 12.0. The second-order valence-corrected chi connectivity index (χ2v) is 5.70. The van der Waals surface area contributed by atoms with Crippen molar-refractivity contribution in [1.29, 1.82) is 0 Å². The van der Waals surface area contributed by atoms with E-state index >= 15 is 0 Å². The molecule has 3 nitrogen and oxygen atoms in total. The molecule has 0 fully saturated rings. The van der Waals surface area contributed by atoms with Gasteiger partial charge >= 0.3 is 0 Å². The predicted molar refractivity (Wildman–Crippen MR) is 80.7 cm³/mol. The lowest BCUT2D eigenvalue weighted by molar-refractivity contribution is 0.684. The summed E-state index contributed by atoms with van der Waals surface area (Å²) in [6.07, 6.45) is 2.09. The normalized spacial score (nSPS) is 12.6. The molecule has 2 aromatic rings. The van der Waals surface area contributed by atoms with E-state index in [4.69, 9.17) is 0 Å². The number of aromatic nitrogens is 2. The molecule has 102 valence electrons. The lowest BCUT2D eigenvalue weighted by atomic mass is 9.97. The molecule has 1 aromatic carbocycles. The third-order valence-corrected chi connectivity index (χ3v) is 4.19. The van der Waals surface area contributed by atoms with Gasteiger partial charge < -0.3 is 5.32 Å². The molecule has 4 heteroatoms. The molecular weight excluding hydrogens is 254 g/mol. The van der Waals surface area contributed by atoms with Crippen molar-refractivity contribution in [1.82, 2.24) is 14.9 Å². The molecule has 0 saturated carbocycles. The first kappa shape index (κ1) is 14.2. The molecule has 0 aliphatic rings. The van der Waals surface area contributed by atoms with Gasteiger partial charge in [-0.15, -0.1) is 5.10 Å². The second-order valence-electron chi connectivity index (χ2n) is 4.92. The van der Waals surface area contributed by atoms with Crippen molar-refractivity contribution in [2.24, 2.45) is 0 Å². The minimum Gasteiger partial charge on any atom is -0.309 e. The smallest absolute Gasteiger partial charge is 0.0807 e. The first-order chi connectivity index (χ1) is 9.17. The van der Waals surface area contributed by atoms with Crippen LogP contribution in [0.4, 0.5) is 0 Å². The summed E-state index contributed by atoms with van der Waals surface area (Å²) in [5, 5.41) is 7.69. The fourth-order valence-corrected chi connectivity index (χ4v) is 3.25. The SMILES string of the molecule is CCCc1nnsc1C(NC)c1ccc(C)cc1C. The van der Waals surface area contributed by atoms with Gasteiger partial charge in [0.1, 0.15) is 0 Å². The van der Waals surface area contributed by atoms with Crippen LogP contribution in [0.2, 0.25) is 0 Å². The highest BCUT2D eigenvalue weighted by Crippen LogP contribution is 2.29. The highest BCUT2D eigenvalue weighted by Gasteiger charge is 2.20. The van der Waals surface area contributed by atoms with Gasteiger partial charge in [-0.05, 0) is 50.0 Å². The fourth-order valence-electron chi connectivity index (χ4n) is 2.42. The molecular formula is C15H21N3S. The first-order valence-electron chi connectivity index (χ1n) is 6.73. The van der Waals surface area contributed by atoms with Crippen LogP contribution in [-0.4, -0.2) is 16.6 Å². The van der Waals surface area contributed by atoms with Crippen LogP contribution in [0.15, 0.2) is 18.2 Å². The molecule has 1 atom stereocenters. The quantitative estimate of drug-likeness (QED) is 0.908. The number of nitrogens with zero attached hydrogens (tertiary/aromatic N) is 2. The van der Waals surface area contributed by atoms with Gasteiger partial charge in [0.2, 0.25) is 0 Å². The summed E-state index contributed by atoms with van der Waals surface area (Å²) in [5.41, 5.74) is 5.06. The number of hydrogen-bond donors (Lipinski definition) is 1. The van der Waals surface area contributed by atoms with Crippen molar-refractivity contribution in [3.63, 3.8) is 0 Å². The number of nitrogens with one attached hydrogen (secondary N) is 1. The average molecular weight is 275 g/mol. The minimum absolute atomic E-state index is 0.196. The van der Waals surface area contributed by atoms with E-state index in [1.54, 1.807) is 0 Å². The molecule has 0 aliphatic carbocycles. The maximum Gasteiger partial charge on any atom is 0.0807 e. The van der Waals surface area contributed by atoms with Gasteiger partial charge in [0.05, 0.1) is 16.6 Å². The number of rotatable bonds is 5. The Morgan fingerprint density at radius 1 is 1.32 bits per heavy atom. The van der Waals surface area contributed by atoms with E-state index in [-0.39, 0.29) is 6.04 Å². The van der Waals surface area contributed by atoms with Crippen LogP contribution < -0.4 is 5.32 Å². The average Bonchev–Trinajstić information content (AvgIpc) is 2.82. The van der Waals surface area contributed by atoms with Crippen LogP contribution in [0.25, 0.3) is 0 Å². The Labute approximate surface area is 119 Å². The van der Waals surface area contributed by atoms with Crippen molar-refractivity contribution in [2.45, 2.75) is 39.7 Å². The van der Waals surface area contributed by atoms with Gasteiger partial charge in [0.25, 0.3) is 0 Å². The highest BCUT2D eigenvalue weighted by molar-refractivity contribution is 7.05. The molecule has 0 spiro atoms. The van der Waals surface area contributed by atoms with Gasteiger partial charge in [0, 0.05) is 0 Å². The summed E-state index contributed by atoms with van der Waals surface area (Å²) >= 11 is 1.51. The summed E-state index contributed by atoms with van der Waals surface area (Å²) in [6.45, 7) is 6.47. The molecule has 0 aliphatic heterocycles. The summed E-state index contributed by atoms with van der Waals surface area (Å²) in [5.74, 6) is 0. The first-order valence-corrected chi connectivity index (χ1v) is 7.50. The van der Waals surface area contributed by atoms with Crippen molar-refractivity contribution in [3.8, 4) is 0 Å². The van der Waals surface area contributed by atoms with E-state index in [1.165, 1.54) is 33.1 Å². The van der Waals surface area contributed by atoms with Gasteiger partial charge in [0.15, 0.2) is 0 Å². The molecule has 1 heterocycles. The number of aryl methyl sites for hydroxylation is 3. The van der Waals surface area contributed by atoms with Crippen molar-refractivity contribution >= 4 is 11.5 Å². The fraction of sp³-hybridized carbons (Fsp3) is 0.467. The minimum atomic E-state index is 0.196. The van der Waals surface area contributed by atoms with Crippen LogP contribution >= 0.6 is 11.5 Å². The van der Waals surface area contributed by atoms with Gasteiger partial charge in [-0.25, -0.2) is 0 Å². The van der Waals surface area contributed by atoms with E-state index in [2.05, 4.69) is 53.9 Å². The Kier molecular flexibility index (Phi) is 4.66. The third-order valence-electron chi connectivity index (χ3n) is 3.36. The standard InChI is InChI=1S/C15H21N3S/c1-5-6-13-15(19-18-17-13)14(16-4)12-8-7-10(2)9-11(12)3/h7-9,14,16H,5-6H2,1-4H3. The van der Waals surface area contributed by atoms with Crippen molar-refractivity contribution < 1.29 is 0 Å². The molecule has 0 bridgehead atoms. The van der Waals surface area contributed by atoms with Gasteiger partial charge in [-0.3, -0.25) is 0 Å². The molecule has 0 amide bonds. The Hall–Kier alpha value is -1.26. The summed E-state index contributed by atoms with van der Waals surface area (Å²) < 4.78 is 4.13. The van der Waals surface area contributed by atoms with Crippen molar-refractivity contribution in [2.75, 3.05) is 7.05 Å². The van der Waals surface area contributed by atoms with Crippen LogP contribution in [0, 0.1) is 13.8 Å². The predicted octanol–water partition coefficient (Wildman–Crippen LogP) is 3.42. The van der Waals surface area contributed by atoms with Gasteiger partial charge in [-0.1, -0.05) is 41.6 Å². The molecule has 1 aromatic heterocycles. The Morgan fingerprint density at radius 3 is 2.74 bits per heavy atom. The zero-order chi connectivity index (χ0) is 13.8. The van der Waals surface area contributed by atoms with E-state index in [1.807, 2.05) is 7.05 Å². The molecule has 0 saturated heterocycles. The lowest BCUT2D eigenvalue weighted by Crippen LogP contribution is -2.19. The Balaban J connectivity index is 2.41. The van der Waals surface area contributed by atoms with Gasteiger partial charge in [-0.2, -0.15) is 0 Å². The summed E-state index contributed by atoms with van der Waals surface area (Å²) in [6, 6.07) is 6.80. The lowest BCUT2D eigenvalue weighted by Gasteiger charge is -2.18. The zero-order valence-corrected chi connectivity index (χ0v) is 12.8. The Bertz CT molecular complexity index is 548. The monoisotopic (exact) mass is 275 g/mol. The molecule has 1 unspecified atom stereocenters. The van der Waals surface area contributed by atoms with Crippen LogP contribution in [0.3, 0.4) is 0 Å². The molecule has 19 heavy (non-hydrogen) atoms. The van der Waals surface area contributed by atoms with E-state index in [0.717, 1.165) is 18.5 Å². The van der Waals surface area contributed by atoms with Crippen LogP contribution in [0.5, 0.6) is 0 Å². The van der Waals surface area contributed by atoms with Crippen molar-refractivity contribution in [3.05, 3.63) is 45.5 Å². The summed E-state index contributed by atoms with van der Waals surface area (Å²) in [4.78, 5) is 1.25. The highest BCUT2D eigenvalue weighted by atomic mass is 32.1. The largest absolute Gasteiger partial charge is 0.309 e. The van der Waals surface area contributed by atoms with Crippen LogP contribution in [-0.2, 0) is 6.42 Å².